The first-order valence-electron chi connectivity index (χ1n) is 5.39. The Balaban J connectivity index is 2.22. The van der Waals surface area contributed by atoms with Gasteiger partial charge in [0, 0.05) is 4.47 Å². The molecule has 2 rings (SSSR count). The van der Waals surface area contributed by atoms with Crippen molar-refractivity contribution in [2.24, 2.45) is 0 Å². The van der Waals surface area contributed by atoms with Gasteiger partial charge in [0.05, 0.1) is 5.56 Å². The molecule has 0 aliphatic heterocycles. The molecule has 0 unspecified atom stereocenters. The Kier molecular flexibility index (Phi) is 4.05. The first kappa shape index (κ1) is 12.7. The van der Waals surface area contributed by atoms with Gasteiger partial charge in [0.2, 0.25) is 0 Å². The zero-order valence-electron chi connectivity index (χ0n) is 9.44. The number of rotatable bonds is 3. The summed E-state index contributed by atoms with van der Waals surface area (Å²) in [7, 11) is 0. The molecule has 3 heteroatoms. The highest BCUT2D eigenvalue weighted by atomic mass is 79.9. The average molecular weight is 305 g/mol. The second-order valence-corrected chi connectivity index (χ2v) is 4.65. The van der Waals surface area contributed by atoms with Crippen LogP contribution >= 0.6 is 15.9 Å². The van der Waals surface area contributed by atoms with Gasteiger partial charge in [-0.3, -0.25) is 4.79 Å². The van der Waals surface area contributed by atoms with E-state index < -0.39 is 5.82 Å². The number of hydrogen-bond donors (Lipinski definition) is 0. The molecule has 2 aromatic rings. The van der Waals surface area contributed by atoms with Crippen molar-refractivity contribution in [3.8, 4) is 0 Å². The Morgan fingerprint density at radius 3 is 2.56 bits per heavy atom. The van der Waals surface area contributed by atoms with E-state index in [1.807, 2.05) is 30.3 Å². The molecule has 0 aliphatic carbocycles. The lowest BCUT2D eigenvalue weighted by molar-refractivity contribution is 0.104. The number of allylic oxidation sites excluding steroid dienone is 1. The molecule has 0 bridgehead atoms. The molecule has 0 fully saturated rings. The summed E-state index contributed by atoms with van der Waals surface area (Å²) in [6.45, 7) is 0. The van der Waals surface area contributed by atoms with Crippen LogP contribution in [0.5, 0.6) is 0 Å². The van der Waals surface area contributed by atoms with Crippen LogP contribution in [-0.2, 0) is 0 Å². The average Bonchev–Trinajstić information content (AvgIpc) is 2.40. The molecule has 0 amide bonds. The summed E-state index contributed by atoms with van der Waals surface area (Å²) in [6.07, 6.45) is 3.04. The maximum Gasteiger partial charge on any atom is 0.188 e. The van der Waals surface area contributed by atoms with Crippen molar-refractivity contribution in [1.29, 1.82) is 0 Å². The van der Waals surface area contributed by atoms with Crippen molar-refractivity contribution in [1.82, 2.24) is 0 Å². The molecule has 90 valence electrons. The van der Waals surface area contributed by atoms with Crippen molar-refractivity contribution in [2.75, 3.05) is 0 Å². The molecule has 0 saturated carbocycles. The molecule has 0 atom stereocenters. The lowest BCUT2D eigenvalue weighted by Gasteiger charge is -1.99. The lowest BCUT2D eigenvalue weighted by Crippen LogP contribution is -1.98. The quantitative estimate of drug-likeness (QED) is 0.603. The van der Waals surface area contributed by atoms with Crippen LogP contribution in [0, 0.1) is 5.82 Å². The largest absolute Gasteiger partial charge is 0.289 e. The third-order valence-corrected chi connectivity index (χ3v) is 2.91. The molecule has 0 saturated heterocycles. The van der Waals surface area contributed by atoms with Crippen molar-refractivity contribution in [3.05, 3.63) is 76.0 Å². The number of carbonyl (C=O) groups excluding carboxylic acids is 1. The third-order valence-electron chi connectivity index (χ3n) is 2.42. The van der Waals surface area contributed by atoms with Crippen LogP contribution in [0.25, 0.3) is 6.08 Å². The summed E-state index contributed by atoms with van der Waals surface area (Å²) in [4.78, 5) is 11.8. The summed E-state index contributed by atoms with van der Waals surface area (Å²) in [6, 6.07) is 13.7. The van der Waals surface area contributed by atoms with Gasteiger partial charge in [-0.05, 0) is 29.8 Å². The Hall–Kier alpha value is -1.74. The second-order valence-electron chi connectivity index (χ2n) is 3.73. The van der Waals surface area contributed by atoms with Crippen LogP contribution in [0.1, 0.15) is 15.9 Å². The van der Waals surface area contributed by atoms with E-state index in [0.29, 0.717) is 4.47 Å². The molecule has 18 heavy (non-hydrogen) atoms. The van der Waals surface area contributed by atoms with Gasteiger partial charge in [-0.25, -0.2) is 4.39 Å². The van der Waals surface area contributed by atoms with E-state index in [1.54, 1.807) is 12.1 Å². The SMILES string of the molecule is O=C(C=Cc1ccccc1)c1cc(Br)ccc1F. The molecule has 0 aromatic heterocycles. The number of benzene rings is 2. The predicted molar refractivity (Wildman–Crippen MR) is 73.9 cm³/mol. The summed E-state index contributed by atoms with van der Waals surface area (Å²) in [5.74, 6) is -0.862. The highest BCUT2D eigenvalue weighted by Crippen LogP contribution is 2.16. The Labute approximate surface area is 113 Å². The molecule has 0 heterocycles. The van der Waals surface area contributed by atoms with Crippen LogP contribution < -0.4 is 0 Å². The van der Waals surface area contributed by atoms with Gasteiger partial charge in [-0.1, -0.05) is 52.3 Å². The van der Waals surface area contributed by atoms with Crippen LogP contribution in [0.2, 0.25) is 0 Å². The highest BCUT2D eigenvalue weighted by molar-refractivity contribution is 9.10. The van der Waals surface area contributed by atoms with Crippen LogP contribution in [0.3, 0.4) is 0 Å². The summed E-state index contributed by atoms with van der Waals surface area (Å²) >= 11 is 3.22. The first-order valence-corrected chi connectivity index (χ1v) is 6.18. The second kappa shape index (κ2) is 5.74. The fourth-order valence-corrected chi connectivity index (χ4v) is 1.87. The van der Waals surface area contributed by atoms with Gasteiger partial charge in [-0.2, -0.15) is 0 Å². The van der Waals surface area contributed by atoms with Crippen molar-refractivity contribution < 1.29 is 9.18 Å². The zero-order valence-corrected chi connectivity index (χ0v) is 11.0. The molecule has 0 aliphatic rings. The smallest absolute Gasteiger partial charge is 0.188 e. The number of halogens is 2. The maximum atomic E-state index is 13.5. The molecular weight excluding hydrogens is 295 g/mol. The standard InChI is InChI=1S/C15H10BrFO/c16-12-7-8-14(17)13(10-12)15(18)9-6-11-4-2-1-3-5-11/h1-10H. The number of ketones is 1. The van der Waals surface area contributed by atoms with Gasteiger partial charge in [0.15, 0.2) is 5.78 Å². The lowest BCUT2D eigenvalue weighted by atomic mass is 10.1. The van der Waals surface area contributed by atoms with Crippen LogP contribution in [-0.4, -0.2) is 5.78 Å². The van der Waals surface area contributed by atoms with Crippen LogP contribution in [0.4, 0.5) is 4.39 Å². The zero-order chi connectivity index (χ0) is 13.0. The monoisotopic (exact) mass is 304 g/mol. The Morgan fingerprint density at radius 1 is 1.11 bits per heavy atom. The van der Waals surface area contributed by atoms with Gasteiger partial charge in [-0.15, -0.1) is 0 Å². The first-order chi connectivity index (χ1) is 8.66. The summed E-state index contributed by atoms with van der Waals surface area (Å²) < 4.78 is 14.2. The molecule has 2 aromatic carbocycles. The van der Waals surface area contributed by atoms with E-state index in [9.17, 15) is 9.18 Å². The maximum absolute atomic E-state index is 13.5. The minimum atomic E-state index is -0.513. The van der Waals surface area contributed by atoms with Crippen molar-refractivity contribution in [3.63, 3.8) is 0 Å². The van der Waals surface area contributed by atoms with Gasteiger partial charge in [0.25, 0.3) is 0 Å². The van der Waals surface area contributed by atoms with Gasteiger partial charge in [0.1, 0.15) is 5.82 Å². The normalized spacial score (nSPS) is 10.8. The fraction of sp³-hybridized carbons (Fsp3) is 0. The Morgan fingerprint density at radius 2 is 1.83 bits per heavy atom. The number of carbonyl (C=O) groups is 1. The molecule has 0 spiro atoms. The van der Waals surface area contributed by atoms with E-state index >= 15 is 0 Å². The minimum Gasteiger partial charge on any atom is -0.289 e. The third kappa shape index (κ3) is 3.14. The highest BCUT2D eigenvalue weighted by Gasteiger charge is 2.08. The Bertz CT molecular complexity index is 591. The molecule has 0 N–H and O–H groups in total. The van der Waals surface area contributed by atoms with E-state index in [-0.39, 0.29) is 11.3 Å². The van der Waals surface area contributed by atoms with E-state index in [4.69, 9.17) is 0 Å². The van der Waals surface area contributed by atoms with E-state index in [0.717, 1.165) is 5.56 Å². The summed E-state index contributed by atoms with van der Waals surface area (Å²) in [5.41, 5.74) is 0.970. The van der Waals surface area contributed by atoms with Crippen molar-refractivity contribution in [2.45, 2.75) is 0 Å². The predicted octanol–water partition coefficient (Wildman–Crippen LogP) is 4.48. The number of hydrogen-bond acceptors (Lipinski definition) is 1. The van der Waals surface area contributed by atoms with Crippen molar-refractivity contribution >= 4 is 27.8 Å². The summed E-state index contributed by atoms with van der Waals surface area (Å²) in [5, 5.41) is 0. The fourth-order valence-electron chi connectivity index (χ4n) is 1.51. The molecule has 0 radical (unpaired) electrons. The minimum absolute atomic E-state index is 0.0663. The topological polar surface area (TPSA) is 17.1 Å². The molecular formula is C15H10BrFO. The van der Waals surface area contributed by atoms with Crippen LogP contribution in [0.15, 0.2) is 59.1 Å². The molecule has 1 nitrogen and oxygen atoms in total. The van der Waals surface area contributed by atoms with Gasteiger partial charge < -0.3 is 0 Å². The van der Waals surface area contributed by atoms with E-state index in [1.165, 1.54) is 18.2 Å². The van der Waals surface area contributed by atoms with E-state index in [2.05, 4.69) is 15.9 Å². The van der Waals surface area contributed by atoms with Gasteiger partial charge >= 0.3 is 0 Å².